The van der Waals surface area contributed by atoms with E-state index in [-0.39, 0.29) is 0 Å². The third-order valence-corrected chi connectivity index (χ3v) is 4.03. The molecule has 5 nitrogen and oxygen atoms in total. The van der Waals surface area contributed by atoms with Gasteiger partial charge in [-0.1, -0.05) is 48.5 Å². The SMILES string of the molecule is CN(C)C(=NCc1ccccc1)NCCc1cnn(-c2ccccc2)c1. The highest BCUT2D eigenvalue weighted by atomic mass is 15.3. The first kappa shape index (κ1) is 17.7. The summed E-state index contributed by atoms with van der Waals surface area (Å²) in [5.74, 6) is 0.893. The van der Waals surface area contributed by atoms with Crippen LogP contribution < -0.4 is 5.32 Å². The van der Waals surface area contributed by atoms with Crippen LogP contribution in [0, 0.1) is 0 Å². The fourth-order valence-electron chi connectivity index (χ4n) is 2.63. The fraction of sp³-hybridized carbons (Fsp3) is 0.238. The second-order valence-corrected chi connectivity index (χ2v) is 6.33. The number of nitrogens with zero attached hydrogens (tertiary/aromatic N) is 4. The van der Waals surface area contributed by atoms with Crippen LogP contribution in [0.4, 0.5) is 0 Å². The van der Waals surface area contributed by atoms with Crippen LogP contribution in [0.25, 0.3) is 5.69 Å². The van der Waals surface area contributed by atoms with Gasteiger partial charge in [0.1, 0.15) is 0 Å². The number of benzene rings is 2. The maximum absolute atomic E-state index is 4.69. The molecule has 3 rings (SSSR count). The largest absolute Gasteiger partial charge is 0.356 e. The maximum atomic E-state index is 4.69. The van der Waals surface area contributed by atoms with E-state index in [9.17, 15) is 0 Å². The van der Waals surface area contributed by atoms with Gasteiger partial charge in [0.2, 0.25) is 0 Å². The molecule has 0 aliphatic heterocycles. The minimum atomic E-state index is 0.674. The van der Waals surface area contributed by atoms with E-state index in [1.165, 1.54) is 11.1 Å². The van der Waals surface area contributed by atoms with Crippen molar-refractivity contribution in [1.29, 1.82) is 0 Å². The molecule has 1 N–H and O–H groups in total. The van der Waals surface area contributed by atoms with E-state index in [0.29, 0.717) is 6.54 Å². The van der Waals surface area contributed by atoms with Crippen LogP contribution >= 0.6 is 0 Å². The van der Waals surface area contributed by atoms with Crippen molar-refractivity contribution in [2.24, 2.45) is 4.99 Å². The number of guanidine groups is 1. The summed E-state index contributed by atoms with van der Waals surface area (Å²) in [6, 6.07) is 20.4. The Morgan fingerprint density at radius 2 is 1.69 bits per heavy atom. The summed E-state index contributed by atoms with van der Waals surface area (Å²) in [7, 11) is 4.01. The Bertz CT molecular complexity index is 822. The Labute approximate surface area is 155 Å². The van der Waals surface area contributed by atoms with Crippen LogP contribution in [0.15, 0.2) is 78.0 Å². The van der Waals surface area contributed by atoms with E-state index in [2.05, 4.69) is 45.9 Å². The van der Waals surface area contributed by atoms with Crippen LogP contribution in [0.3, 0.4) is 0 Å². The molecule has 0 bridgehead atoms. The van der Waals surface area contributed by atoms with Crippen molar-refractivity contribution in [2.45, 2.75) is 13.0 Å². The monoisotopic (exact) mass is 347 g/mol. The summed E-state index contributed by atoms with van der Waals surface area (Å²) >= 11 is 0. The first-order valence-corrected chi connectivity index (χ1v) is 8.81. The zero-order chi connectivity index (χ0) is 18.2. The average Bonchev–Trinajstić information content (AvgIpc) is 3.15. The molecule has 0 unspecified atom stereocenters. The number of aliphatic imine (C=N–C) groups is 1. The minimum Gasteiger partial charge on any atom is -0.356 e. The molecule has 0 aliphatic carbocycles. The lowest BCUT2D eigenvalue weighted by molar-refractivity contribution is 0.579. The van der Waals surface area contributed by atoms with E-state index in [0.717, 1.165) is 24.6 Å². The molecule has 3 aromatic rings. The molecule has 0 saturated heterocycles. The second kappa shape index (κ2) is 8.85. The Morgan fingerprint density at radius 3 is 2.38 bits per heavy atom. The highest BCUT2D eigenvalue weighted by Gasteiger charge is 2.04. The first-order valence-electron chi connectivity index (χ1n) is 8.81. The predicted octanol–water partition coefficient (Wildman–Crippen LogP) is 3.12. The van der Waals surface area contributed by atoms with Crippen LogP contribution in [0.5, 0.6) is 0 Å². The quantitative estimate of drug-likeness (QED) is 0.550. The Kier molecular flexibility index (Phi) is 6.04. The molecule has 134 valence electrons. The van der Waals surface area contributed by atoms with Gasteiger partial charge in [-0.05, 0) is 29.7 Å². The van der Waals surface area contributed by atoms with Gasteiger partial charge in [0, 0.05) is 26.8 Å². The lowest BCUT2D eigenvalue weighted by Crippen LogP contribution is -2.37. The molecule has 0 saturated carbocycles. The summed E-state index contributed by atoms with van der Waals surface area (Å²) < 4.78 is 1.91. The number of hydrogen-bond acceptors (Lipinski definition) is 2. The Hall–Kier alpha value is -3.08. The van der Waals surface area contributed by atoms with Gasteiger partial charge in [0.05, 0.1) is 18.4 Å². The summed E-state index contributed by atoms with van der Waals surface area (Å²) in [5.41, 5.74) is 3.48. The topological polar surface area (TPSA) is 45.4 Å². The summed E-state index contributed by atoms with van der Waals surface area (Å²) in [6.45, 7) is 1.49. The molecule has 0 amide bonds. The summed E-state index contributed by atoms with van der Waals surface area (Å²) in [4.78, 5) is 6.70. The van der Waals surface area contributed by atoms with E-state index < -0.39 is 0 Å². The third-order valence-electron chi connectivity index (χ3n) is 4.03. The zero-order valence-electron chi connectivity index (χ0n) is 15.3. The Balaban J connectivity index is 1.54. The molecule has 0 atom stereocenters. The van der Waals surface area contributed by atoms with E-state index in [4.69, 9.17) is 0 Å². The zero-order valence-corrected chi connectivity index (χ0v) is 15.3. The molecule has 1 heterocycles. The van der Waals surface area contributed by atoms with Gasteiger partial charge in [-0.25, -0.2) is 9.67 Å². The molecule has 2 aromatic carbocycles. The summed E-state index contributed by atoms with van der Waals surface area (Å²) in [6.07, 6.45) is 4.89. The van der Waals surface area contributed by atoms with Gasteiger partial charge in [0.15, 0.2) is 5.96 Å². The molecule has 1 aromatic heterocycles. The van der Waals surface area contributed by atoms with Crippen molar-refractivity contribution in [3.05, 3.63) is 84.2 Å². The molecule has 5 heteroatoms. The van der Waals surface area contributed by atoms with Crippen LogP contribution in [-0.4, -0.2) is 41.3 Å². The summed E-state index contributed by atoms with van der Waals surface area (Å²) in [5, 5.41) is 7.87. The number of rotatable bonds is 6. The van der Waals surface area contributed by atoms with E-state index in [1.807, 2.05) is 66.3 Å². The molecular weight excluding hydrogens is 322 g/mol. The number of aromatic nitrogens is 2. The molecular formula is C21H25N5. The molecule has 0 spiro atoms. The second-order valence-electron chi connectivity index (χ2n) is 6.33. The van der Waals surface area contributed by atoms with Crippen molar-refractivity contribution in [3.63, 3.8) is 0 Å². The lowest BCUT2D eigenvalue weighted by atomic mass is 10.2. The van der Waals surface area contributed by atoms with Crippen LogP contribution in [0.2, 0.25) is 0 Å². The maximum Gasteiger partial charge on any atom is 0.193 e. The van der Waals surface area contributed by atoms with E-state index >= 15 is 0 Å². The number of para-hydroxylation sites is 1. The van der Waals surface area contributed by atoms with E-state index in [1.54, 1.807) is 0 Å². The number of nitrogens with one attached hydrogen (secondary N) is 1. The van der Waals surface area contributed by atoms with Gasteiger partial charge in [-0.3, -0.25) is 0 Å². The van der Waals surface area contributed by atoms with Gasteiger partial charge < -0.3 is 10.2 Å². The Morgan fingerprint density at radius 1 is 1.00 bits per heavy atom. The van der Waals surface area contributed by atoms with Gasteiger partial charge in [-0.2, -0.15) is 5.10 Å². The van der Waals surface area contributed by atoms with Crippen molar-refractivity contribution in [1.82, 2.24) is 20.0 Å². The van der Waals surface area contributed by atoms with Crippen molar-refractivity contribution in [3.8, 4) is 5.69 Å². The van der Waals surface area contributed by atoms with Crippen molar-refractivity contribution >= 4 is 5.96 Å². The molecule has 0 aliphatic rings. The molecule has 0 fully saturated rings. The highest BCUT2D eigenvalue weighted by Crippen LogP contribution is 2.08. The fourth-order valence-corrected chi connectivity index (χ4v) is 2.63. The highest BCUT2D eigenvalue weighted by molar-refractivity contribution is 5.79. The van der Waals surface area contributed by atoms with Crippen LogP contribution in [-0.2, 0) is 13.0 Å². The third kappa shape index (κ3) is 4.96. The van der Waals surface area contributed by atoms with Crippen molar-refractivity contribution < 1.29 is 0 Å². The minimum absolute atomic E-state index is 0.674. The lowest BCUT2D eigenvalue weighted by Gasteiger charge is -2.17. The van der Waals surface area contributed by atoms with Crippen LogP contribution in [0.1, 0.15) is 11.1 Å². The van der Waals surface area contributed by atoms with Gasteiger partial charge in [-0.15, -0.1) is 0 Å². The number of hydrogen-bond donors (Lipinski definition) is 1. The van der Waals surface area contributed by atoms with Crippen molar-refractivity contribution in [2.75, 3.05) is 20.6 Å². The normalized spacial score (nSPS) is 11.4. The first-order chi connectivity index (χ1) is 12.7. The average molecular weight is 347 g/mol. The molecule has 0 radical (unpaired) electrons. The van der Waals surface area contributed by atoms with Gasteiger partial charge >= 0.3 is 0 Å². The van der Waals surface area contributed by atoms with Gasteiger partial charge in [0.25, 0.3) is 0 Å². The smallest absolute Gasteiger partial charge is 0.193 e. The predicted molar refractivity (Wildman–Crippen MR) is 107 cm³/mol. The molecule has 26 heavy (non-hydrogen) atoms. The standard InChI is InChI=1S/C21H25N5/c1-25(2)21(23-15-18-9-5-3-6-10-18)22-14-13-19-16-24-26(17-19)20-11-7-4-8-12-20/h3-12,16-17H,13-15H2,1-2H3,(H,22,23).